The summed E-state index contributed by atoms with van der Waals surface area (Å²) in [6.45, 7) is 13.6. The minimum Gasteiger partial charge on any atom is -0.494 e. The first-order chi connectivity index (χ1) is 35.4. The largest absolute Gasteiger partial charge is 0.494 e. The first kappa shape index (κ1) is 56.8. The summed E-state index contributed by atoms with van der Waals surface area (Å²) in [5.41, 5.74) is 4.23. The molecule has 0 aromatic heterocycles. The third-order valence-electron chi connectivity index (χ3n) is 12.6. The summed E-state index contributed by atoms with van der Waals surface area (Å²) >= 11 is 0. The van der Waals surface area contributed by atoms with E-state index in [4.69, 9.17) is 18.9 Å². The molecule has 0 saturated carbocycles. The van der Waals surface area contributed by atoms with Gasteiger partial charge in [-0.3, -0.25) is 9.59 Å². The van der Waals surface area contributed by atoms with Gasteiger partial charge in [0.1, 0.15) is 29.5 Å². The van der Waals surface area contributed by atoms with Crippen LogP contribution in [0.15, 0.2) is 156 Å². The normalized spacial score (nSPS) is 12.7. The standard InChI is InChI=1S/C58H75N9O6/c1-9-12-13-14-15-16-17-18-19-23-39-72-56(69)58(6,10-2)43-57(4,5)55(68)73-40-38-67(11-3)50-36-34-49(35-37-50)64-66-52-42-53(70-7)51(41-54(52)71-8)65-63-48-32-30-47(31-33-48)62-61-46-28-26-45(27-29-46)60-59-44-24-21-20-22-25-44/h20-22,24-37,41-42H,9-19,23,38-40,43H2,1-8H3. The van der Waals surface area contributed by atoms with E-state index in [-0.39, 0.29) is 18.5 Å². The van der Waals surface area contributed by atoms with Crippen molar-refractivity contribution in [1.82, 2.24) is 0 Å². The molecule has 388 valence electrons. The first-order valence-corrected chi connectivity index (χ1v) is 25.8. The molecule has 0 aliphatic rings. The van der Waals surface area contributed by atoms with Crippen molar-refractivity contribution in [1.29, 1.82) is 0 Å². The van der Waals surface area contributed by atoms with Gasteiger partial charge in [0, 0.05) is 24.4 Å². The molecule has 0 spiro atoms. The first-order valence-electron chi connectivity index (χ1n) is 25.8. The number of likely N-dealkylation sites (N-methyl/N-ethyl adjacent to an activating group) is 1. The van der Waals surface area contributed by atoms with E-state index in [1.54, 1.807) is 50.6 Å². The van der Waals surface area contributed by atoms with Gasteiger partial charge in [-0.05, 0) is 132 Å². The minimum absolute atomic E-state index is 0.197. The second kappa shape index (κ2) is 30.0. The van der Waals surface area contributed by atoms with Crippen molar-refractivity contribution in [3.05, 3.63) is 115 Å². The zero-order valence-electron chi connectivity index (χ0n) is 44.3. The molecule has 0 aliphatic carbocycles. The van der Waals surface area contributed by atoms with Gasteiger partial charge in [-0.1, -0.05) is 89.8 Å². The van der Waals surface area contributed by atoms with Gasteiger partial charge >= 0.3 is 11.9 Å². The number of hydrogen-bond acceptors (Lipinski definition) is 15. The molecule has 5 rings (SSSR count). The Morgan fingerprint density at radius 2 is 0.877 bits per heavy atom. The van der Waals surface area contributed by atoms with Crippen molar-refractivity contribution in [3.8, 4) is 11.5 Å². The number of nitrogens with zero attached hydrogens (tertiary/aromatic N) is 9. The van der Waals surface area contributed by atoms with Gasteiger partial charge in [0.15, 0.2) is 0 Å². The summed E-state index contributed by atoms with van der Waals surface area (Å²) in [5.74, 6) is 0.294. The Hall–Kier alpha value is -7.16. The van der Waals surface area contributed by atoms with E-state index in [1.165, 1.54) is 51.4 Å². The van der Waals surface area contributed by atoms with Crippen LogP contribution in [0.25, 0.3) is 0 Å². The molecule has 1 unspecified atom stereocenters. The van der Waals surface area contributed by atoms with Gasteiger partial charge in [0.2, 0.25) is 0 Å². The highest BCUT2D eigenvalue weighted by Crippen LogP contribution is 2.42. The Labute approximate surface area is 432 Å². The molecule has 0 bridgehead atoms. The minimum atomic E-state index is -0.876. The Kier molecular flexibility index (Phi) is 23.3. The molecule has 15 heteroatoms. The van der Waals surface area contributed by atoms with E-state index >= 15 is 0 Å². The summed E-state index contributed by atoms with van der Waals surface area (Å²) in [7, 11) is 3.09. The number of carbonyl (C=O) groups is 2. The van der Waals surface area contributed by atoms with Gasteiger partial charge in [0.25, 0.3) is 0 Å². The van der Waals surface area contributed by atoms with Crippen LogP contribution in [-0.2, 0) is 19.1 Å². The van der Waals surface area contributed by atoms with E-state index in [2.05, 4.69) is 52.7 Å². The zero-order valence-corrected chi connectivity index (χ0v) is 44.3. The van der Waals surface area contributed by atoms with E-state index in [9.17, 15) is 9.59 Å². The molecule has 0 saturated heterocycles. The maximum Gasteiger partial charge on any atom is 0.311 e. The van der Waals surface area contributed by atoms with E-state index in [0.29, 0.717) is 83.8 Å². The maximum absolute atomic E-state index is 13.4. The summed E-state index contributed by atoms with van der Waals surface area (Å²) in [4.78, 5) is 28.8. The second-order valence-corrected chi connectivity index (χ2v) is 18.9. The Balaban J connectivity index is 1.08. The Morgan fingerprint density at radius 3 is 1.30 bits per heavy atom. The summed E-state index contributed by atoms with van der Waals surface area (Å²) < 4.78 is 22.9. The number of azo groups is 4. The lowest BCUT2D eigenvalue weighted by Gasteiger charge is -2.34. The van der Waals surface area contributed by atoms with Crippen LogP contribution in [0.4, 0.5) is 51.2 Å². The molecule has 15 nitrogen and oxygen atoms in total. The van der Waals surface area contributed by atoms with Gasteiger partial charge < -0.3 is 23.8 Å². The lowest BCUT2D eigenvalue weighted by molar-refractivity contribution is -0.163. The number of ether oxygens (including phenoxy) is 4. The van der Waals surface area contributed by atoms with Crippen LogP contribution < -0.4 is 14.4 Å². The fraction of sp³-hybridized carbons (Fsp3) is 0.448. The van der Waals surface area contributed by atoms with Gasteiger partial charge in [-0.15, -0.1) is 10.2 Å². The summed E-state index contributed by atoms with van der Waals surface area (Å²) in [6, 6.07) is 35.1. The van der Waals surface area contributed by atoms with Gasteiger partial charge in [-0.25, -0.2) is 0 Å². The number of carbonyl (C=O) groups excluding carboxylic acids is 2. The number of anilines is 1. The zero-order chi connectivity index (χ0) is 52.3. The third-order valence-corrected chi connectivity index (χ3v) is 12.6. The molecule has 0 fully saturated rings. The molecular weight excluding hydrogens is 919 g/mol. The highest BCUT2D eigenvalue weighted by atomic mass is 16.5. The molecule has 1 atom stereocenters. The van der Waals surface area contributed by atoms with Crippen LogP contribution in [0.3, 0.4) is 0 Å². The van der Waals surface area contributed by atoms with Crippen molar-refractivity contribution in [3.63, 3.8) is 0 Å². The molecule has 0 amide bonds. The predicted octanol–water partition coefficient (Wildman–Crippen LogP) is 18.0. The molecule has 73 heavy (non-hydrogen) atoms. The average Bonchev–Trinajstić information content (AvgIpc) is 3.41. The van der Waals surface area contributed by atoms with Crippen LogP contribution in [-0.4, -0.2) is 52.5 Å². The highest BCUT2D eigenvalue weighted by molar-refractivity contribution is 5.80. The van der Waals surface area contributed by atoms with Crippen LogP contribution in [0.5, 0.6) is 11.5 Å². The van der Waals surface area contributed by atoms with Gasteiger partial charge in [0.05, 0.1) is 72.3 Å². The van der Waals surface area contributed by atoms with E-state index in [1.807, 2.05) is 113 Å². The van der Waals surface area contributed by atoms with Crippen molar-refractivity contribution >= 4 is 63.1 Å². The summed E-state index contributed by atoms with van der Waals surface area (Å²) in [6.07, 6.45) is 13.1. The van der Waals surface area contributed by atoms with Crippen molar-refractivity contribution in [2.24, 2.45) is 51.7 Å². The quantitative estimate of drug-likeness (QED) is 0.0241. The highest BCUT2D eigenvalue weighted by Gasteiger charge is 2.43. The Morgan fingerprint density at radius 1 is 0.479 bits per heavy atom. The van der Waals surface area contributed by atoms with Gasteiger partial charge in [-0.2, -0.15) is 30.7 Å². The number of benzene rings is 5. The summed E-state index contributed by atoms with van der Waals surface area (Å²) in [5, 5.41) is 35.0. The smallest absolute Gasteiger partial charge is 0.311 e. The topological polar surface area (TPSA) is 173 Å². The van der Waals surface area contributed by atoms with E-state index in [0.717, 1.165) is 24.2 Å². The van der Waals surface area contributed by atoms with Crippen LogP contribution >= 0.6 is 0 Å². The number of rotatable bonds is 31. The fourth-order valence-corrected chi connectivity index (χ4v) is 8.10. The monoisotopic (exact) mass is 994 g/mol. The second-order valence-electron chi connectivity index (χ2n) is 18.9. The van der Waals surface area contributed by atoms with Crippen LogP contribution in [0.2, 0.25) is 0 Å². The SMILES string of the molecule is CCCCCCCCCCCCOC(=O)C(C)(CC)CC(C)(C)C(=O)OCCN(CC)c1ccc(N=Nc2cc(OC)c(N=Nc3ccc(N=Nc4ccc(N=Nc5ccccc5)cc4)cc3)cc2OC)cc1. The lowest BCUT2D eigenvalue weighted by Crippen LogP contribution is -2.39. The molecule has 0 aliphatic heterocycles. The number of unbranched alkanes of at least 4 members (excludes halogenated alkanes) is 9. The molecule has 5 aromatic rings. The number of methoxy groups -OCH3 is 2. The van der Waals surface area contributed by atoms with Crippen molar-refractivity contribution in [2.45, 2.75) is 119 Å². The lowest BCUT2D eigenvalue weighted by atomic mass is 9.72. The Bertz CT molecular complexity index is 2570. The van der Waals surface area contributed by atoms with E-state index < -0.39 is 10.8 Å². The predicted molar refractivity (Wildman–Crippen MR) is 290 cm³/mol. The van der Waals surface area contributed by atoms with Crippen molar-refractivity contribution in [2.75, 3.05) is 45.4 Å². The number of esters is 2. The van der Waals surface area contributed by atoms with Crippen molar-refractivity contribution < 1.29 is 28.5 Å². The molecule has 0 heterocycles. The molecule has 5 aromatic carbocycles. The fourth-order valence-electron chi connectivity index (χ4n) is 8.10. The third kappa shape index (κ3) is 18.8. The number of hydrogen-bond donors (Lipinski definition) is 0. The molecule has 0 radical (unpaired) electrons. The molecule has 0 N–H and O–H groups in total. The van der Waals surface area contributed by atoms with Crippen LogP contribution in [0, 0.1) is 10.8 Å². The molecular formula is C58H75N9O6. The van der Waals surface area contributed by atoms with Crippen LogP contribution in [0.1, 0.15) is 119 Å². The maximum atomic E-state index is 13.4. The average molecular weight is 994 g/mol.